The highest BCUT2D eigenvalue weighted by molar-refractivity contribution is 8.23. The van der Waals surface area contributed by atoms with E-state index in [-0.39, 0.29) is 18.3 Å². The Morgan fingerprint density at radius 3 is 2.32 bits per heavy atom. The number of hydrogen-bond acceptors (Lipinski definition) is 5. The third-order valence-electron chi connectivity index (χ3n) is 4.32. The van der Waals surface area contributed by atoms with Gasteiger partial charge in [0.15, 0.2) is 6.61 Å². The lowest BCUT2D eigenvalue weighted by Gasteiger charge is -2.17. The van der Waals surface area contributed by atoms with E-state index < -0.39 is 5.97 Å². The minimum absolute atomic E-state index is 0.119. The van der Waals surface area contributed by atoms with Gasteiger partial charge in [0, 0.05) is 18.8 Å². The predicted octanol–water partition coefficient (Wildman–Crippen LogP) is 3.95. The third-order valence-corrected chi connectivity index (χ3v) is 5.81. The lowest BCUT2D eigenvalue weighted by molar-refractivity contribution is -0.144. The van der Waals surface area contributed by atoms with Crippen LogP contribution >= 0.6 is 24.0 Å². The Kier molecular flexibility index (Phi) is 7.45. The maximum Gasteiger partial charge on any atom is 0.316 e. The Morgan fingerprint density at radius 2 is 1.64 bits per heavy atom. The number of thiocarbonyl (C=S) groups is 1. The molecule has 0 aliphatic carbocycles. The second kappa shape index (κ2) is 10.2. The quantitative estimate of drug-likeness (QED) is 0.571. The van der Waals surface area contributed by atoms with Crippen LogP contribution in [0.5, 0.6) is 0 Å². The van der Waals surface area contributed by atoms with Crippen molar-refractivity contribution in [3.8, 4) is 11.1 Å². The van der Waals surface area contributed by atoms with E-state index in [9.17, 15) is 9.59 Å². The van der Waals surface area contributed by atoms with Crippen molar-refractivity contribution in [1.82, 2.24) is 4.90 Å². The Bertz CT molecular complexity index is 819. The molecule has 5 nitrogen and oxygen atoms in total. The fraction of sp³-hybridized carbons (Fsp3) is 0.286. The Balaban J connectivity index is 1.39. The first-order chi connectivity index (χ1) is 13.6. The average molecular weight is 415 g/mol. The molecule has 0 bridgehead atoms. The first kappa shape index (κ1) is 20.4. The summed E-state index contributed by atoms with van der Waals surface area (Å²) in [4.78, 5) is 25.9. The lowest BCUT2D eigenvalue weighted by atomic mass is 10.1. The van der Waals surface area contributed by atoms with Crippen LogP contribution in [0.2, 0.25) is 0 Å². The summed E-state index contributed by atoms with van der Waals surface area (Å²) in [6, 6.07) is 17.5. The summed E-state index contributed by atoms with van der Waals surface area (Å²) in [6.07, 6.45) is 2.27. The number of carbonyl (C=O) groups excluding carboxylic acids is 2. The molecule has 1 aliphatic rings. The van der Waals surface area contributed by atoms with Gasteiger partial charge in [-0.1, -0.05) is 66.4 Å². The summed E-state index contributed by atoms with van der Waals surface area (Å²) in [5.41, 5.74) is 2.83. The van der Waals surface area contributed by atoms with E-state index in [1.165, 1.54) is 11.8 Å². The number of esters is 1. The summed E-state index contributed by atoms with van der Waals surface area (Å²) in [7, 11) is 0. The molecule has 2 aromatic carbocycles. The van der Waals surface area contributed by atoms with Crippen LogP contribution in [0, 0.1) is 0 Å². The van der Waals surface area contributed by atoms with Crippen LogP contribution in [0.25, 0.3) is 11.1 Å². The minimum atomic E-state index is -0.443. The Labute approximate surface area is 174 Å². The fourth-order valence-electron chi connectivity index (χ4n) is 2.87. The average Bonchev–Trinajstić information content (AvgIpc) is 3.27. The molecule has 1 amide bonds. The highest BCUT2D eigenvalue weighted by Crippen LogP contribution is 2.21. The molecule has 0 radical (unpaired) electrons. The van der Waals surface area contributed by atoms with Gasteiger partial charge in [-0.25, -0.2) is 0 Å². The molecule has 1 fully saturated rings. The normalized spacial score (nSPS) is 13.2. The number of hydrogen-bond donors (Lipinski definition) is 1. The van der Waals surface area contributed by atoms with Crippen LogP contribution in [0.3, 0.4) is 0 Å². The van der Waals surface area contributed by atoms with E-state index in [4.69, 9.17) is 17.0 Å². The zero-order chi connectivity index (χ0) is 19.8. The second-order valence-corrected chi connectivity index (χ2v) is 8.01. The maximum absolute atomic E-state index is 12.0. The number of ether oxygens (including phenoxy) is 1. The molecule has 0 aromatic heterocycles. The van der Waals surface area contributed by atoms with E-state index in [1.54, 1.807) is 0 Å². The van der Waals surface area contributed by atoms with E-state index in [0.717, 1.165) is 41.4 Å². The van der Waals surface area contributed by atoms with Crippen molar-refractivity contribution in [1.29, 1.82) is 0 Å². The van der Waals surface area contributed by atoms with Crippen molar-refractivity contribution >= 4 is 45.9 Å². The standard InChI is InChI=1S/C21H22N2O3S2/c24-19(14-26-20(25)15-28-21(27)23-12-4-5-13-23)22-18-10-8-17(9-11-18)16-6-2-1-3-7-16/h1-3,6-11H,4-5,12-15H2,(H,22,24). The van der Waals surface area contributed by atoms with E-state index >= 15 is 0 Å². The topological polar surface area (TPSA) is 58.6 Å². The van der Waals surface area contributed by atoms with E-state index in [0.29, 0.717) is 5.69 Å². The molecule has 7 heteroatoms. The number of nitrogens with zero attached hydrogens (tertiary/aromatic N) is 1. The molecule has 1 N–H and O–H groups in total. The molecular formula is C21H22N2O3S2. The largest absolute Gasteiger partial charge is 0.455 e. The van der Waals surface area contributed by atoms with Crippen molar-refractivity contribution in [2.24, 2.45) is 0 Å². The molecular weight excluding hydrogens is 392 g/mol. The molecule has 1 heterocycles. The number of benzene rings is 2. The number of amides is 1. The number of thioether (sulfide) groups is 1. The van der Waals surface area contributed by atoms with Crippen LogP contribution < -0.4 is 5.32 Å². The van der Waals surface area contributed by atoms with Gasteiger partial charge in [-0.15, -0.1) is 0 Å². The fourth-order valence-corrected chi connectivity index (χ4v) is 3.92. The molecule has 1 aliphatic heterocycles. The van der Waals surface area contributed by atoms with Gasteiger partial charge >= 0.3 is 5.97 Å². The first-order valence-electron chi connectivity index (χ1n) is 9.14. The van der Waals surface area contributed by atoms with Crippen LogP contribution in [-0.2, 0) is 14.3 Å². The molecule has 0 unspecified atom stereocenters. The highest BCUT2D eigenvalue weighted by Gasteiger charge is 2.17. The van der Waals surface area contributed by atoms with Crippen molar-refractivity contribution in [2.75, 3.05) is 30.8 Å². The predicted molar refractivity (Wildman–Crippen MR) is 117 cm³/mol. The minimum Gasteiger partial charge on any atom is -0.455 e. The molecule has 1 saturated heterocycles. The summed E-state index contributed by atoms with van der Waals surface area (Å²) in [6.45, 7) is 1.59. The number of likely N-dealkylation sites (tertiary alicyclic amines) is 1. The van der Waals surface area contributed by atoms with Crippen LogP contribution in [0.1, 0.15) is 12.8 Å². The van der Waals surface area contributed by atoms with Gasteiger partial charge in [-0.2, -0.15) is 0 Å². The molecule has 28 heavy (non-hydrogen) atoms. The van der Waals surface area contributed by atoms with Gasteiger partial charge in [-0.3, -0.25) is 9.59 Å². The third kappa shape index (κ3) is 6.07. The van der Waals surface area contributed by atoms with Crippen molar-refractivity contribution < 1.29 is 14.3 Å². The highest BCUT2D eigenvalue weighted by atomic mass is 32.2. The number of rotatable bonds is 6. The smallest absolute Gasteiger partial charge is 0.316 e. The van der Waals surface area contributed by atoms with Crippen molar-refractivity contribution in [2.45, 2.75) is 12.8 Å². The molecule has 0 spiro atoms. The number of nitrogens with one attached hydrogen (secondary N) is 1. The molecule has 146 valence electrons. The van der Waals surface area contributed by atoms with Crippen molar-refractivity contribution in [3.05, 3.63) is 54.6 Å². The van der Waals surface area contributed by atoms with Crippen molar-refractivity contribution in [3.63, 3.8) is 0 Å². The lowest BCUT2D eigenvalue weighted by Crippen LogP contribution is -2.25. The van der Waals surface area contributed by atoms with E-state index in [2.05, 4.69) is 10.2 Å². The molecule has 0 atom stereocenters. The van der Waals surface area contributed by atoms with Gasteiger partial charge in [0.1, 0.15) is 4.32 Å². The van der Waals surface area contributed by atoms with Gasteiger partial charge in [0.25, 0.3) is 5.91 Å². The van der Waals surface area contributed by atoms with Gasteiger partial charge < -0.3 is 15.0 Å². The summed E-state index contributed by atoms with van der Waals surface area (Å²) < 4.78 is 5.75. The molecule has 2 aromatic rings. The zero-order valence-corrected chi connectivity index (χ0v) is 17.1. The first-order valence-corrected chi connectivity index (χ1v) is 10.5. The monoisotopic (exact) mass is 414 g/mol. The summed E-state index contributed by atoms with van der Waals surface area (Å²) in [5, 5.41) is 2.73. The number of carbonyl (C=O) groups is 2. The molecule has 3 rings (SSSR count). The van der Waals surface area contributed by atoms with Crippen LogP contribution in [-0.4, -0.2) is 46.5 Å². The van der Waals surface area contributed by atoms with Crippen LogP contribution in [0.15, 0.2) is 54.6 Å². The van der Waals surface area contributed by atoms with E-state index in [1.807, 2.05) is 54.6 Å². The Morgan fingerprint density at radius 1 is 1.00 bits per heavy atom. The van der Waals surface area contributed by atoms with Crippen LogP contribution in [0.4, 0.5) is 5.69 Å². The Hall–Kier alpha value is -2.38. The number of anilines is 1. The zero-order valence-electron chi connectivity index (χ0n) is 15.4. The van der Waals surface area contributed by atoms with Gasteiger partial charge in [0.2, 0.25) is 0 Å². The SMILES string of the molecule is O=C(COC(=O)CSC(=S)N1CCCC1)Nc1ccc(-c2ccccc2)cc1. The maximum atomic E-state index is 12.0. The molecule has 0 saturated carbocycles. The van der Waals surface area contributed by atoms with Gasteiger partial charge in [-0.05, 0) is 36.1 Å². The summed E-state index contributed by atoms with van der Waals surface area (Å²) in [5.74, 6) is -0.692. The van der Waals surface area contributed by atoms with Gasteiger partial charge in [0.05, 0.1) is 5.75 Å². The summed E-state index contributed by atoms with van der Waals surface area (Å²) >= 11 is 6.59. The second-order valence-electron chi connectivity index (χ2n) is 6.40.